The van der Waals surface area contributed by atoms with Crippen LogP contribution >= 0.6 is 0 Å². The smallest absolute Gasteiger partial charge is 0.337 e. The van der Waals surface area contributed by atoms with Crippen molar-refractivity contribution < 1.29 is 15.0 Å². The molecular formula is C14H21N3O3. The molecule has 2 rings (SSSR count). The Bertz CT molecular complexity index is 504. The third-order valence-corrected chi connectivity index (χ3v) is 3.57. The fraction of sp³-hybridized carbons (Fsp3) is 0.500. The van der Waals surface area contributed by atoms with Crippen molar-refractivity contribution in [1.82, 2.24) is 4.90 Å². The molecule has 0 spiro atoms. The van der Waals surface area contributed by atoms with E-state index in [9.17, 15) is 9.90 Å². The highest BCUT2D eigenvalue weighted by Gasteiger charge is 2.31. The molecule has 4 N–H and O–H groups in total. The number of aliphatic hydroxyl groups excluding tert-OH is 1. The van der Waals surface area contributed by atoms with Crippen LogP contribution in [0.4, 0.5) is 11.4 Å². The summed E-state index contributed by atoms with van der Waals surface area (Å²) >= 11 is 0. The van der Waals surface area contributed by atoms with E-state index in [0.29, 0.717) is 13.0 Å². The number of benzene rings is 1. The second-order valence-corrected chi connectivity index (χ2v) is 5.53. The second kappa shape index (κ2) is 5.68. The molecule has 6 heteroatoms. The van der Waals surface area contributed by atoms with Crippen molar-refractivity contribution >= 4 is 17.3 Å². The summed E-state index contributed by atoms with van der Waals surface area (Å²) in [6.07, 6.45) is 0.346. The number of nitrogens with zero attached hydrogens (tertiary/aromatic N) is 2. The number of carboxylic acids is 1. The Morgan fingerprint density at radius 3 is 2.75 bits per heavy atom. The van der Waals surface area contributed by atoms with Gasteiger partial charge in [0.25, 0.3) is 0 Å². The Hall–Kier alpha value is -1.79. The minimum absolute atomic E-state index is 0.109. The number of nitrogens with two attached hydrogens (primary N) is 1. The largest absolute Gasteiger partial charge is 0.478 e. The molecular weight excluding hydrogens is 258 g/mol. The zero-order valence-electron chi connectivity index (χ0n) is 11.8. The summed E-state index contributed by atoms with van der Waals surface area (Å²) in [5, 5.41) is 18.9. The summed E-state index contributed by atoms with van der Waals surface area (Å²) in [6, 6.07) is 5.14. The molecule has 1 aromatic rings. The van der Waals surface area contributed by atoms with Crippen molar-refractivity contribution in [2.75, 3.05) is 37.8 Å². The number of likely N-dealkylation sites (N-methyl/N-ethyl adjacent to an activating group) is 1. The van der Waals surface area contributed by atoms with Crippen LogP contribution in [0.15, 0.2) is 18.2 Å². The lowest BCUT2D eigenvalue weighted by atomic mass is 10.1. The first-order valence-corrected chi connectivity index (χ1v) is 6.60. The fourth-order valence-electron chi connectivity index (χ4n) is 2.73. The normalized spacial score (nSPS) is 22.5. The molecule has 0 saturated carbocycles. The first kappa shape index (κ1) is 14.6. The molecule has 1 aromatic carbocycles. The number of aromatic carboxylic acids is 1. The number of rotatable bonds is 4. The maximum Gasteiger partial charge on any atom is 0.337 e. The van der Waals surface area contributed by atoms with E-state index in [2.05, 4.69) is 9.80 Å². The monoisotopic (exact) mass is 279 g/mol. The van der Waals surface area contributed by atoms with Crippen LogP contribution in [0.1, 0.15) is 16.8 Å². The number of hydrogen-bond acceptors (Lipinski definition) is 5. The SMILES string of the molecule is CN(C)CC1CC(O)CN1c1ccc(C(=O)O)c(N)c1. The van der Waals surface area contributed by atoms with Crippen molar-refractivity contribution in [3.05, 3.63) is 23.8 Å². The molecule has 1 heterocycles. The topological polar surface area (TPSA) is 90.0 Å². The average Bonchev–Trinajstić information content (AvgIpc) is 2.68. The Morgan fingerprint density at radius 1 is 1.50 bits per heavy atom. The molecule has 0 amide bonds. The summed E-state index contributed by atoms with van der Waals surface area (Å²) in [7, 11) is 3.98. The highest BCUT2D eigenvalue weighted by atomic mass is 16.4. The van der Waals surface area contributed by atoms with E-state index in [1.807, 2.05) is 14.1 Å². The molecule has 0 bridgehead atoms. The van der Waals surface area contributed by atoms with Gasteiger partial charge in [0, 0.05) is 30.5 Å². The number of hydrogen-bond donors (Lipinski definition) is 3. The molecule has 0 radical (unpaired) electrons. The van der Waals surface area contributed by atoms with E-state index < -0.39 is 5.97 Å². The first-order chi connectivity index (χ1) is 9.38. The van der Waals surface area contributed by atoms with Gasteiger partial charge in [0.1, 0.15) is 0 Å². The lowest BCUT2D eigenvalue weighted by molar-refractivity contribution is 0.0698. The minimum atomic E-state index is -1.03. The van der Waals surface area contributed by atoms with E-state index in [1.54, 1.807) is 12.1 Å². The van der Waals surface area contributed by atoms with E-state index in [-0.39, 0.29) is 23.4 Å². The Morgan fingerprint density at radius 2 is 2.20 bits per heavy atom. The molecule has 1 aliphatic rings. The summed E-state index contributed by atoms with van der Waals surface area (Å²) in [6.45, 7) is 1.38. The predicted octanol–water partition coefficient (Wildman–Crippen LogP) is 0.468. The quantitative estimate of drug-likeness (QED) is 0.694. The van der Waals surface area contributed by atoms with Crippen LogP contribution in [0.3, 0.4) is 0 Å². The highest BCUT2D eigenvalue weighted by Crippen LogP contribution is 2.29. The molecule has 2 atom stereocenters. The van der Waals surface area contributed by atoms with Gasteiger partial charge in [0.2, 0.25) is 0 Å². The summed E-state index contributed by atoms with van der Waals surface area (Å²) in [4.78, 5) is 15.1. The lowest BCUT2D eigenvalue weighted by Crippen LogP contribution is -2.37. The van der Waals surface area contributed by atoms with Gasteiger partial charge in [-0.15, -0.1) is 0 Å². The van der Waals surface area contributed by atoms with Gasteiger partial charge in [-0.25, -0.2) is 4.79 Å². The molecule has 1 saturated heterocycles. The van der Waals surface area contributed by atoms with Crippen LogP contribution < -0.4 is 10.6 Å². The predicted molar refractivity (Wildman–Crippen MR) is 78.1 cm³/mol. The molecule has 110 valence electrons. The molecule has 20 heavy (non-hydrogen) atoms. The number of aliphatic hydroxyl groups is 1. The number of anilines is 2. The van der Waals surface area contributed by atoms with Gasteiger partial charge in [0.05, 0.1) is 11.7 Å². The van der Waals surface area contributed by atoms with Crippen molar-refractivity contribution in [2.45, 2.75) is 18.6 Å². The van der Waals surface area contributed by atoms with Crippen molar-refractivity contribution in [2.24, 2.45) is 0 Å². The molecule has 1 aliphatic heterocycles. The van der Waals surface area contributed by atoms with Gasteiger partial charge in [-0.1, -0.05) is 0 Å². The maximum absolute atomic E-state index is 11.0. The molecule has 0 aromatic heterocycles. The Kier molecular flexibility index (Phi) is 4.15. The zero-order chi connectivity index (χ0) is 14.9. The molecule has 0 aliphatic carbocycles. The molecule has 1 fully saturated rings. The van der Waals surface area contributed by atoms with Crippen molar-refractivity contribution in [1.29, 1.82) is 0 Å². The van der Waals surface area contributed by atoms with Gasteiger partial charge in [-0.05, 0) is 38.7 Å². The number of β-amino-alcohol motifs (C(OH)–C–C–N with tert-alkyl or cyclic N) is 1. The van der Waals surface area contributed by atoms with Crippen molar-refractivity contribution in [3.8, 4) is 0 Å². The number of nitrogen functional groups attached to an aromatic ring is 1. The van der Waals surface area contributed by atoms with E-state index >= 15 is 0 Å². The standard InChI is InChI=1S/C14H21N3O3/c1-16(2)7-10-5-11(18)8-17(10)9-3-4-12(14(19)20)13(15)6-9/h3-4,6,10-11,18H,5,7-8,15H2,1-2H3,(H,19,20). The molecule has 2 unspecified atom stereocenters. The lowest BCUT2D eigenvalue weighted by Gasteiger charge is -2.29. The van der Waals surface area contributed by atoms with Gasteiger partial charge in [-0.3, -0.25) is 0 Å². The number of carbonyl (C=O) groups is 1. The van der Waals surface area contributed by atoms with Gasteiger partial charge >= 0.3 is 5.97 Å². The van der Waals surface area contributed by atoms with E-state index in [1.165, 1.54) is 6.07 Å². The van der Waals surface area contributed by atoms with Crippen LogP contribution in [-0.2, 0) is 0 Å². The second-order valence-electron chi connectivity index (χ2n) is 5.53. The van der Waals surface area contributed by atoms with Crippen molar-refractivity contribution in [3.63, 3.8) is 0 Å². The summed E-state index contributed by atoms with van der Waals surface area (Å²) in [5.41, 5.74) is 7.01. The Labute approximate surface area is 118 Å². The van der Waals surface area contributed by atoms with Crippen LogP contribution in [0.25, 0.3) is 0 Å². The third-order valence-electron chi connectivity index (χ3n) is 3.57. The van der Waals surface area contributed by atoms with Crippen LogP contribution in [-0.4, -0.2) is 60.4 Å². The third kappa shape index (κ3) is 3.02. The van der Waals surface area contributed by atoms with Crippen LogP contribution in [0, 0.1) is 0 Å². The van der Waals surface area contributed by atoms with E-state index in [4.69, 9.17) is 10.8 Å². The van der Waals surface area contributed by atoms with Crippen LogP contribution in [0.5, 0.6) is 0 Å². The highest BCUT2D eigenvalue weighted by molar-refractivity contribution is 5.94. The average molecular weight is 279 g/mol. The maximum atomic E-state index is 11.0. The van der Waals surface area contributed by atoms with E-state index in [0.717, 1.165) is 12.2 Å². The molecule has 6 nitrogen and oxygen atoms in total. The Balaban J connectivity index is 2.25. The van der Waals surface area contributed by atoms with Gasteiger partial charge < -0.3 is 25.7 Å². The minimum Gasteiger partial charge on any atom is -0.478 e. The van der Waals surface area contributed by atoms with Gasteiger partial charge in [0.15, 0.2) is 0 Å². The number of carboxylic acid groups (broad SMARTS) is 1. The fourth-order valence-corrected chi connectivity index (χ4v) is 2.73. The van der Waals surface area contributed by atoms with Crippen LogP contribution in [0.2, 0.25) is 0 Å². The summed E-state index contributed by atoms with van der Waals surface area (Å²) < 4.78 is 0. The zero-order valence-corrected chi connectivity index (χ0v) is 11.8. The van der Waals surface area contributed by atoms with Gasteiger partial charge in [-0.2, -0.15) is 0 Å². The summed E-state index contributed by atoms with van der Waals surface area (Å²) in [5.74, 6) is -1.03. The first-order valence-electron chi connectivity index (χ1n) is 6.60.